The van der Waals surface area contributed by atoms with Crippen molar-refractivity contribution in [3.63, 3.8) is 0 Å². The lowest BCUT2D eigenvalue weighted by Crippen LogP contribution is -2.46. The molecule has 3 N–H and O–H groups in total. The van der Waals surface area contributed by atoms with Crippen LogP contribution >= 0.6 is 0 Å². The highest BCUT2D eigenvalue weighted by Crippen LogP contribution is 2.33. The molecule has 0 bridgehead atoms. The molecule has 1 saturated heterocycles. The predicted octanol–water partition coefficient (Wildman–Crippen LogP) is 3.92. The molecule has 1 unspecified atom stereocenters. The number of anilines is 6. The molecule has 5 heterocycles. The average molecular weight is 522 g/mol. The van der Waals surface area contributed by atoms with Crippen LogP contribution < -0.4 is 25.6 Å². The number of nitrogens with one attached hydrogen (secondary N) is 3. The molecule has 5 rings (SSSR count). The SMILES string of the molecule is CCN(CC)C1CCN(c2ccc(Nc3ncc(F)c(Nc4ccc5c(n4)NC(=O)C(C)(C)O5)n3)cn2)C1. The van der Waals surface area contributed by atoms with Crippen molar-refractivity contribution in [2.24, 2.45) is 0 Å². The number of amides is 1. The Balaban J connectivity index is 1.25. The van der Waals surface area contributed by atoms with E-state index in [4.69, 9.17) is 4.74 Å². The highest BCUT2D eigenvalue weighted by molar-refractivity contribution is 5.99. The minimum absolute atomic E-state index is 0.0672. The van der Waals surface area contributed by atoms with Gasteiger partial charge in [-0.25, -0.2) is 19.3 Å². The van der Waals surface area contributed by atoms with E-state index < -0.39 is 11.4 Å². The van der Waals surface area contributed by atoms with Crippen molar-refractivity contribution in [3.05, 3.63) is 42.5 Å². The van der Waals surface area contributed by atoms with Crippen LogP contribution in [0.2, 0.25) is 0 Å². The lowest BCUT2D eigenvalue weighted by molar-refractivity contribution is -0.129. The standard InChI is InChI=1S/C26H32FN9O2/c1-5-35(6-2)17-11-12-36(15-17)21-10-7-16(13-28-21)30-25-29-14-18(27)22(34-25)31-20-9-8-19-23(32-20)33-24(37)26(3,4)38-19/h7-10,13-14,17H,5-6,11-12,15H2,1-4H3,(H3,29,30,31,32,33,34,37). The summed E-state index contributed by atoms with van der Waals surface area (Å²) in [4.78, 5) is 34.2. The van der Waals surface area contributed by atoms with Crippen molar-refractivity contribution in [1.82, 2.24) is 24.8 Å². The van der Waals surface area contributed by atoms with Gasteiger partial charge in [0, 0.05) is 19.1 Å². The summed E-state index contributed by atoms with van der Waals surface area (Å²) in [5.41, 5.74) is -0.321. The fraction of sp³-hybridized carbons (Fsp3) is 0.423. The molecule has 2 aliphatic heterocycles. The Bertz CT molecular complexity index is 1310. The van der Waals surface area contributed by atoms with E-state index in [2.05, 4.69) is 59.5 Å². The Kier molecular flexibility index (Phi) is 6.98. The first-order valence-electron chi connectivity index (χ1n) is 12.8. The molecule has 1 amide bonds. The normalized spacial score (nSPS) is 18.1. The van der Waals surface area contributed by atoms with Gasteiger partial charge in [-0.3, -0.25) is 9.69 Å². The number of carbonyl (C=O) groups is 1. The third-order valence-corrected chi connectivity index (χ3v) is 6.81. The topological polar surface area (TPSA) is 120 Å². The van der Waals surface area contributed by atoms with E-state index in [0.717, 1.165) is 44.6 Å². The Hall–Kier alpha value is -4.06. The minimum Gasteiger partial charge on any atom is -0.474 e. The Morgan fingerprint density at radius 1 is 1.13 bits per heavy atom. The number of pyridine rings is 2. The van der Waals surface area contributed by atoms with Gasteiger partial charge in [-0.15, -0.1) is 0 Å². The fourth-order valence-corrected chi connectivity index (χ4v) is 4.67. The monoisotopic (exact) mass is 521 g/mol. The molecule has 38 heavy (non-hydrogen) atoms. The molecule has 2 aliphatic rings. The summed E-state index contributed by atoms with van der Waals surface area (Å²) in [7, 11) is 0. The van der Waals surface area contributed by atoms with Gasteiger partial charge in [0.05, 0.1) is 18.1 Å². The number of hydrogen-bond donors (Lipinski definition) is 3. The number of fused-ring (bicyclic) bond motifs is 1. The van der Waals surface area contributed by atoms with Crippen LogP contribution in [0.25, 0.3) is 0 Å². The smallest absolute Gasteiger partial charge is 0.269 e. The summed E-state index contributed by atoms with van der Waals surface area (Å²) < 4.78 is 20.2. The summed E-state index contributed by atoms with van der Waals surface area (Å²) in [6.07, 6.45) is 3.91. The molecule has 11 nitrogen and oxygen atoms in total. The molecule has 1 fully saturated rings. The minimum atomic E-state index is -1.00. The van der Waals surface area contributed by atoms with E-state index in [0.29, 0.717) is 17.5 Å². The van der Waals surface area contributed by atoms with Gasteiger partial charge in [0.25, 0.3) is 5.91 Å². The fourth-order valence-electron chi connectivity index (χ4n) is 4.67. The molecule has 12 heteroatoms. The van der Waals surface area contributed by atoms with E-state index in [1.165, 1.54) is 0 Å². The van der Waals surface area contributed by atoms with Crippen molar-refractivity contribution in [2.75, 3.05) is 47.0 Å². The molecule has 0 radical (unpaired) electrons. The number of aromatic nitrogens is 4. The number of likely N-dealkylation sites (N-methyl/N-ethyl adjacent to an activating group) is 1. The maximum Gasteiger partial charge on any atom is 0.269 e. The van der Waals surface area contributed by atoms with E-state index >= 15 is 0 Å². The zero-order valence-electron chi connectivity index (χ0n) is 22.0. The second-order valence-corrected chi connectivity index (χ2v) is 9.76. The van der Waals surface area contributed by atoms with E-state index in [9.17, 15) is 9.18 Å². The first kappa shape index (κ1) is 25.6. The Morgan fingerprint density at radius 3 is 2.68 bits per heavy atom. The van der Waals surface area contributed by atoms with Crippen molar-refractivity contribution in [3.8, 4) is 5.75 Å². The summed E-state index contributed by atoms with van der Waals surface area (Å²) in [5.74, 6) is 1.05. The second-order valence-electron chi connectivity index (χ2n) is 9.76. The summed E-state index contributed by atoms with van der Waals surface area (Å²) in [6.45, 7) is 11.8. The van der Waals surface area contributed by atoms with Crippen molar-refractivity contribution in [1.29, 1.82) is 0 Å². The van der Waals surface area contributed by atoms with Gasteiger partial charge >= 0.3 is 0 Å². The molecule has 0 aliphatic carbocycles. The lowest BCUT2D eigenvalue weighted by atomic mass is 10.1. The van der Waals surface area contributed by atoms with E-state index in [1.807, 2.05) is 12.1 Å². The molecule has 0 aromatic carbocycles. The molecule has 3 aromatic heterocycles. The maximum atomic E-state index is 14.5. The van der Waals surface area contributed by atoms with Crippen LogP contribution in [-0.4, -0.2) is 68.6 Å². The van der Waals surface area contributed by atoms with Crippen LogP contribution in [0.1, 0.15) is 34.1 Å². The molecule has 0 saturated carbocycles. The summed E-state index contributed by atoms with van der Waals surface area (Å²) in [6, 6.07) is 7.68. The van der Waals surface area contributed by atoms with Gasteiger partial charge in [0.2, 0.25) is 5.95 Å². The van der Waals surface area contributed by atoms with Crippen LogP contribution in [0.5, 0.6) is 5.75 Å². The number of ether oxygens (including phenoxy) is 1. The van der Waals surface area contributed by atoms with Crippen molar-refractivity contribution >= 4 is 40.8 Å². The largest absolute Gasteiger partial charge is 0.474 e. The first-order valence-corrected chi connectivity index (χ1v) is 12.8. The van der Waals surface area contributed by atoms with Crippen LogP contribution in [0.15, 0.2) is 36.7 Å². The van der Waals surface area contributed by atoms with Crippen molar-refractivity contribution in [2.45, 2.75) is 45.8 Å². The lowest BCUT2D eigenvalue weighted by Gasteiger charge is -2.30. The highest BCUT2D eigenvalue weighted by Gasteiger charge is 2.36. The third kappa shape index (κ3) is 5.30. The number of hydrogen-bond acceptors (Lipinski definition) is 10. The van der Waals surface area contributed by atoms with Gasteiger partial charge in [-0.05, 0) is 57.6 Å². The molecule has 200 valence electrons. The molecule has 1 atom stereocenters. The van der Waals surface area contributed by atoms with Gasteiger partial charge in [-0.2, -0.15) is 4.98 Å². The van der Waals surface area contributed by atoms with Crippen LogP contribution in [0.3, 0.4) is 0 Å². The zero-order valence-corrected chi connectivity index (χ0v) is 22.0. The van der Waals surface area contributed by atoms with Crippen LogP contribution in [-0.2, 0) is 4.79 Å². The maximum absolute atomic E-state index is 14.5. The van der Waals surface area contributed by atoms with Gasteiger partial charge < -0.3 is 25.6 Å². The predicted molar refractivity (Wildman–Crippen MR) is 144 cm³/mol. The summed E-state index contributed by atoms with van der Waals surface area (Å²) in [5, 5.41) is 8.62. The molecular formula is C26H32FN9O2. The van der Waals surface area contributed by atoms with Gasteiger partial charge in [0.15, 0.2) is 28.8 Å². The average Bonchev–Trinajstić information content (AvgIpc) is 3.38. The second kappa shape index (κ2) is 10.4. The number of halogens is 1. The van der Waals surface area contributed by atoms with Crippen LogP contribution in [0.4, 0.5) is 39.3 Å². The van der Waals surface area contributed by atoms with Crippen molar-refractivity contribution < 1.29 is 13.9 Å². The summed E-state index contributed by atoms with van der Waals surface area (Å²) >= 11 is 0. The van der Waals surface area contributed by atoms with Crippen LogP contribution in [0, 0.1) is 5.82 Å². The molecule has 0 spiro atoms. The first-order chi connectivity index (χ1) is 18.3. The number of carbonyl (C=O) groups excluding carboxylic acids is 1. The quantitative estimate of drug-likeness (QED) is 0.402. The van der Waals surface area contributed by atoms with Gasteiger partial charge in [-0.1, -0.05) is 13.8 Å². The number of rotatable bonds is 8. The highest BCUT2D eigenvalue weighted by atomic mass is 19.1. The zero-order chi connectivity index (χ0) is 26.9. The van der Waals surface area contributed by atoms with E-state index in [1.54, 1.807) is 32.2 Å². The Morgan fingerprint density at radius 2 is 1.95 bits per heavy atom. The van der Waals surface area contributed by atoms with E-state index in [-0.39, 0.29) is 29.3 Å². The Labute approximate surface area is 220 Å². The molecule has 3 aromatic rings. The van der Waals surface area contributed by atoms with Gasteiger partial charge in [0.1, 0.15) is 11.6 Å². The number of nitrogens with zero attached hydrogens (tertiary/aromatic N) is 6. The third-order valence-electron chi connectivity index (χ3n) is 6.81. The molecular weight excluding hydrogens is 489 g/mol.